The number of halogens is 1. The van der Waals surface area contributed by atoms with Crippen LogP contribution in [0.2, 0.25) is 0 Å². The predicted molar refractivity (Wildman–Crippen MR) is 69.2 cm³/mol. The normalized spacial score (nSPS) is 27.3. The number of fused-ring (bicyclic) bond motifs is 3. The second-order valence-corrected chi connectivity index (χ2v) is 4.61. The summed E-state index contributed by atoms with van der Waals surface area (Å²) in [5, 5.41) is 3.30. The van der Waals surface area contributed by atoms with Gasteiger partial charge in [-0.3, -0.25) is 10.1 Å². The summed E-state index contributed by atoms with van der Waals surface area (Å²) < 4.78 is 10.3. The van der Waals surface area contributed by atoms with Crippen molar-refractivity contribution < 1.29 is 14.3 Å². The van der Waals surface area contributed by atoms with Crippen molar-refractivity contribution in [1.29, 1.82) is 0 Å². The van der Waals surface area contributed by atoms with Crippen molar-refractivity contribution >= 4 is 18.4 Å². The van der Waals surface area contributed by atoms with Gasteiger partial charge < -0.3 is 9.47 Å². The highest BCUT2D eigenvalue weighted by molar-refractivity contribution is 5.88. The molecule has 3 rings (SSSR count). The maximum atomic E-state index is 11.8. The lowest BCUT2D eigenvalue weighted by atomic mass is 9.95. The lowest BCUT2D eigenvalue weighted by molar-refractivity contribution is -0.144. The average Bonchev–Trinajstić information content (AvgIpc) is 3.13. The Hall–Kier alpha value is -1.26. The summed E-state index contributed by atoms with van der Waals surface area (Å²) in [5.41, 5.74) is 1.88. The van der Waals surface area contributed by atoms with Crippen LogP contribution in [-0.2, 0) is 16.1 Å². The molecule has 98 valence electrons. The van der Waals surface area contributed by atoms with Gasteiger partial charge >= 0.3 is 5.97 Å². The molecule has 5 heteroatoms. The number of hydrogen-bond donors (Lipinski definition) is 1. The Morgan fingerprint density at radius 2 is 2.22 bits per heavy atom. The minimum absolute atomic E-state index is 0. The molecule has 4 nitrogen and oxygen atoms in total. The second-order valence-electron chi connectivity index (χ2n) is 4.61. The van der Waals surface area contributed by atoms with E-state index in [9.17, 15) is 4.79 Å². The van der Waals surface area contributed by atoms with E-state index in [1.165, 1.54) is 18.2 Å². The van der Waals surface area contributed by atoms with Crippen LogP contribution in [0.4, 0.5) is 0 Å². The molecule has 1 aliphatic heterocycles. The van der Waals surface area contributed by atoms with Crippen molar-refractivity contribution in [3.63, 3.8) is 0 Å². The smallest absolute Gasteiger partial charge is 0.326 e. The van der Waals surface area contributed by atoms with Gasteiger partial charge in [-0.05, 0) is 18.1 Å². The van der Waals surface area contributed by atoms with Crippen molar-refractivity contribution in [1.82, 2.24) is 5.32 Å². The lowest BCUT2D eigenvalue weighted by Gasteiger charge is -2.25. The Bertz CT molecular complexity index is 477. The number of nitrogens with one attached hydrogen (secondary N) is 1. The van der Waals surface area contributed by atoms with E-state index in [-0.39, 0.29) is 24.3 Å². The molecule has 0 saturated heterocycles. The second kappa shape index (κ2) is 4.44. The quantitative estimate of drug-likeness (QED) is 0.829. The number of carbonyl (C=O) groups excluding carboxylic acids is 1. The van der Waals surface area contributed by atoms with Crippen LogP contribution in [0, 0.1) is 0 Å². The molecule has 1 fully saturated rings. The first-order chi connectivity index (χ1) is 8.23. The maximum absolute atomic E-state index is 11.8. The minimum Gasteiger partial charge on any atom is -0.496 e. The van der Waals surface area contributed by atoms with Crippen LogP contribution in [0.5, 0.6) is 5.75 Å². The summed E-state index contributed by atoms with van der Waals surface area (Å²) in [6, 6.07) is 6.00. The first-order valence-electron chi connectivity index (χ1n) is 5.72. The number of ether oxygens (including phenoxy) is 2. The van der Waals surface area contributed by atoms with E-state index >= 15 is 0 Å². The number of carbonyl (C=O) groups is 1. The molecule has 1 aliphatic carbocycles. The Kier molecular flexibility index (Phi) is 3.25. The Morgan fingerprint density at radius 1 is 1.44 bits per heavy atom. The summed E-state index contributed by atoms with van der Waals surface area (Å²) >= 11 is 0. The molecule has 0 aromatic heterocycles. The highest BCUT2D eigenvalue weighted by Crippen LogP contribution is 2.57. The molecular weight excluding hydrogens is 254 g/mol. The topological polar surface area (TPSA) is 47.6 Å². The summed E-state index contributed by atoms with van der Waals surface area (Å²) in [6.45, 7) is 0.693. The van der Waals surface area contributed by atoms with Crippen LogP contribution in [0.15, 0.2) is 18.2 Å². The molecule has 0 radical (unpaired) electrons. The van der Waals surface area contributed by atoms with E-state index in [1.54, 1.807) is 7.11 Å². The minimum atomic E-state index is -0.504. The summed E-state index contributed by atoms with van der Waals surface area (Å²) in [7, 11) is 3.10. The molecule has 2 unspecified atom stereocenters. The Labute approximate surface area is 112 Å². The lowest BCUT2D eigenvalue weighted by Crippen LogP contribution is -2.43. The first kappa shape index (κ1) is 13.2. The predicted octanol–water partition coefficient (Wildman–Crippen LogP) is 1.62. The molecule has 1 aromatic rings. The van der Waals surface area contributed by atoms with Crippen LogP contribution in [0.25, 0.3) is 0 Å². The Balaban J connectivity index is 0.00000120. The molecular formula is C13H16ClNO3. The van der Waals surface area contributed by atoms with Crippen molar-refractivity contribution in [2.75, 3.05) is 14.2 Å². The van der Waals surface area contributed by atoms with Gasteiger partial charge in [-0.15, -0.1) is 12.4 Å². The van der Waals surface area contributed by atoms with E-state index < -0.39 is 5.54 Å². The molecule has 1 aromatic carbocycles. The van der Waals surface area contributed by atoms with Gasteiger partial charge in [0.05, 0.1) is 14.2 Å². The number of esters is 1. The first-order valence-corrected chi connectivity index (χ1v) is 5.72. The molecule has 2 aliphatic rings. The third-order valence-corrected chi connectivity index (χ3v) is 3.83. The third-order valence-electron chi connectivity index (χ3n) is 3.83. The zero-order valence-corrected chi connectivity index (χ0v) is 11.2. The van der Waals surface area contributed by atoms with E-state index in [1.807, 2.05) is 12.1 Å². The van der Waals surface area contributed by atoms with Gasteiger partial charge in [-0.2, -0.15) is 0 Å². The monoisotopic (exact) mass is 269 g/mol. The van der Waals surface area contributed by atoms with Crippen LogP contribution in [0.1, 0.15) is 23.5 Å². The molecule has 0 amide bonds. The number of methoxy groups -OCH3 is 2. The fourth-order valence-corrected chi connectivity index (χ4v) is 2.86. The zero-order chi connectivity index (χ0) is 12.0. The standard InChI is InChI=1S/C13H15NO3.ClH/c1-16-10-5-3-4-8-7-14-13(12(15)17-2)6-9(13)11(8)10;/h3-5,9,14H,6-7H2,1-2H3;1H. The van der Waals surface area contributed by atoms with Crippen LogP contribution in [-0.4, -0.2) is 25.7 Å². The maximum Gasteiger partial charge on any atom is 0.326 e. The molecule has 0 spiro atoms. The van der Waals surface area contributed by atoms with E-state index in [0.29, 0.717) is 6.54 Å². The van der Waals surface area contributed by atoms with Gasteiger partial charge in [0.2, 0.25) is 0 Å². The largest absolute Gasteiger partial charge is 0.496 e. The highest BCUT2D eigenvalue weighted by atomic mass is 35.5. The van der Waals surface area contributed by atoms with Crippen molar-refractivity contribution in [2.24, 2.45) is 0 Å². The van der Waals surface area contributed by atoms with Gasteiger partial charge in [0.15, 0.2) is 0 Å². The van der Waals surface area contributed by atoms with Gasteiger partial charge in [0.25, 0.3) is 0 Å². The molecule has 1 N–H and O–H groups in total. The van der Waals surface area contributed by atoms with E-state index in [0.717, 1.165) is 12.2 Å². The summed E-state index contributed by atoms with van der Waals surface area (Å²) in [4.78, 5) is 11.8. The van der Waals surface area contributed by atoms with Crippen LogP contribution in [0.3, 0.4) is 0 Å². The molecule has 0 bridgehead atoms. The third kappa shape index (κ3) is 1.60. The molecule has 2 atom stereocenters. The molecule has 1 heterocycles. The molecule has 1 saturated carbocycles. The van der Waals surface area contributed by atoms with E-state index in [4.69, 9.17) is 9.47 Å². The highest BCUT2D eigenvalue weighted by Gasteiger charge is 2.64. The van der Waals surface area contributed by atoms with Gasteiger partial charge in [-0.25, -0.2) is 0 Å². The van der Waals surface area contributed by atoms with Crippen LogP contribution < -0.4 is 10.1 Å². The van der Waals surface area contributed by atoms with Crippen molar-refractivity contribution in [2.45, 2.75) is 24.4 Å². The summed E-state index contributed by atoms with van der Waals surface area (Å²) in [6.07, 6.45) is 0.799. The number of rotatable bonds is 2. The number of benzene rings is 1. The molecule has 18 heavy (non-hydrogen) atoms. The van der Waals surface area contributed by atoms with Gasteiger partial charge in [-0.1, -0.05) is 12.1 Å². The fraction of sp³-hybridized carbons (Fsp3) is 0.462. The average molecular weight is 270 g/mol. The SMILES string of the molecule is COC(=O)C12CC1c1c(cccc1OC)CN2.Cl. The summed E-state index contributed by atoms with van der Waals surface area (Å²) in [5.74, 6) is 0.897. The van der Waals surface area contributed by atoms with E-state index in [2.05, 4.69) is 11.4 Å². The Morgan fingerprint density at radius 3 is 2.89 bits per heavy atom. The zero-order valence-electron chi connectivity index (χ0n) is 10.4. The van der Waals surface area contributed by atoms with Gasteiger partial charge in [0, 0.05) is 18.0 Å². The van der Waals surface area contributed by atoms with Crippen LogP contribution >= 0.6 is 12.4 Å². The van der Waals surface area contributed by atoms with Gasteiger partial charge in [0.1, 0.15) is 11.3 Å². The number of hydrogen-bond acceptors (Lipinski definition) is 4. The van der Waals surface area contributed by atoms with Crippen molar-refractivity contribution in [3.05, 3.63) is 29.3 Å². The van der Waals surface area contributed by atoms with Crippen molar-refractivity contribution in [3.8, 4) is 5.75 Å². The fourth-order valence-electron chi connectivity index (χ4n) is 2.86.